The molecule has 1 aliphatic rings. The molecular weight excluding hydrogens is 230 g/mol. The topological polar surface area (TPSA) is 46.6 Å². The number of carbonyl (C=O) groups excluding carboxylic acids is 2. The number of hydrogen-bond donors (Lipinski definition) is 0. The van der Waals surface area contributed by atoms with Crippen molar-refractivity contribution in [3.8, 4) is 11.8 Å². The molecule has 0 unspecified atom stereocenters. The molecule has 2 rings (SSSR count). The molecule has 0 fully saturated rings. The Morgan fingerprint density at radius 1 is 1.39 bits per heavy atom. The van der Waals surface area contributed by atoms with Crippen LogP contribution in [0.5, 0.6) is 0 Å². The molecule has 1 heterocycles. The van der Waals surface area contributed by atoms with Gasteiger partial charge in [0.15, 0.2) is 0 Å². The summed E-state index contributed by atoms with van der Waals surface area (Å²) in [6, 6.07) is 5.58. The predicted molar refractivity (Wildman–Crippen MR) is 67.1 cm³/mol. The SMILES string of the molecule is COC(=O)C#Cc1ccc2c(c1)CCN2C(C)=O. The molecule has 0 aliphatic carbocycles. The number of amides is 1. The summed E-state index contributed by atoms with van der Waals surface area (Å²) in [5, 5.41) is 0. The molecule has 4 heteroatoms. The highest BCUT2D eigenvalue weighted by Crippen LogP contribution is 2.28. The number of nitrogens with zero attached hydrogens (tertiary/aromatic N) is 1. The number of methoxy groups -OCH3 is 1. The molecule has 1 amide bonds. The van der Waals surface area contributed by atoms with Gasteiger partial charge in [-0.05, 0) is 30.2 Å². The van der Waals surface area contributed by atoms with Crippen LogP contribution < -0.4 is 4.90 Å². The minimum atomic E-state index is -0.555. The van der Waals surface area contributed by atoms with Gasteiger partial charge in [-0.25, -0.2) is 4.79 Å². The number of rotatable bonds is 0. The second-order valence-corrected chi connectivity index (χ2v) is 4.01. The molecule has 1 aliphatic heterocycles. The van der Waals surface area contributed by atoms with Gasteiger partial charge in [-0.3, -0.25) is 4.79 Å². The zero-order valence-electron chi connectivity index (χ0n) is 10.3. The second-order valence-electron chi connectivity index (χ2n) is 4.01. The first-order valence-electron chi connectivity index (χ1n) is 5.63. The van der Waals surface area contributed by atoms with Crippen LogP contribution in [-0.4, -0.2) is 25.5 Å². The molecular formula is C14H13NO3. The van der Waals surface area contributed by atoms with Gasteiger partial charge in [-0.15, -0.1) is 0 Å². The molecule has 0 atom stereocenters. The Bertz CT molecular complexity index is 566. The normalized spacial score (nSPS) is 12.4. The van der Waals surface area contributed by atoms with Crippen LogP contribution in [0, 0.1) is 11.8 Å². The Kier molecular flexibility index (Phi) is 3.33. The minimum absolute atomic E-state index is 0.0437. The third-order valence-electron chi connectivity index (χ3n) is 2.85. The first-order valence-corrected chi connectivity index (χ1v) is 5.63. The van der Waals surface area contributed by atoms with Crippen molar-refractivity contribution in [2.45, 2.75) is 13.3 Å². The Morgan fingerprint density at radius 2 is 2.17 bits per heavy atom. The third-order valence-corrected chi connectivity index (χ3v) is 2.85. The van der Waals surface area contributed by atoms with Crippen molar-refractivity contribution in [3.63, 3.8) is 0 Å². The van der Waals surface area contributed by atoms with Crippen LogP contribution in [0.4, 0.5) is 5.69 Å². The maximum absolute atomic E-state index is 11.4. The zero-order chi connectivity index (χ0) is 13.1. The van der Waals surface area contributed by atoms with Crippen molar-refractivity contribution in [1.82, 2.24) is 0 Å². The molecule has 1 aromatic carbocycles. The summed E-state index contributed by atoms with van der Waals surface area (Å²) in [5.41, 5.74) is 2.78. The molecule has 0 N–H and O–H groups in total. The van der Waals surface area contributed by atoms with Gasteiger partial charge in [-0.1, -0.05) is 5.92 Å². The molecule has 4 nitrogen and oxygen atoms in total. The summed E-state index contributed by atoms with van der Waals surface area (Å²) in [6.07, 6.45) is 0.822. The summed E-state index contributed by atoms with van der Waals surface area (Å²) in [6.45, 7) is 2.26. The lowest BCUT2D eigenvalue weighted by Crippen LogP contribution is -2.25. The van der Waals surface area contributed by atoms with Crippen LogP contribution in [0.15, 0.2) is 18.2 Å². The summed E-state index contributed by atoms with van der Waals surface area (Å²) < 4.78 is 4.45. The number of anilines is 1. The lowest BCUT2D eigenvalue weighted by Gasteiger charge is -2.14. The van der Waals surface area contributed by atoms with Crippen molar-refractivity contribution in [2.75, 3.05) is 18.6 Å². The monoisotopic (exact) mass is 243 g/mol. The second kappa shape index (κ2) is 4.92. The predicted octanol–water partition coefficient (Wildman–Crippen LogP) is 1.12. The van der Waals surface area contributed by atoms with E-state index in [0.29, 0.717) is 6.54 Å². The fraction of sp³-hybridized carbons (Fsp3) is 0.286. The van der Waals surface area contributed by atoms with Crippen LogP contribution >= 0.6 is 0 Å². The highest BCUT2D eigenvalue weighted by Gasteiger charge is 2.21. The Balaban J connectivity index is 2.27. The van der Waals surface area contributed by atoms with Gasteiger partial charge in [0.2, 0.25) is 5.91 Å². The number of esters is 1. The van der Waals surface area contributed by atoms with E-state index in [9.17, 15) is 9.59 Å². The third kappa shape index (κ3) is 2.35. The maximum atomic E-state index is 11.4. The lowest BCUT2D eigenvalue weighted by molar-refractivity contribution is -0.133. The first-order chi connectivity index (χ1) is 8.61. The number of ether oxygens (including phenoxy) is 1. The smallest absolute Gasteiger partial charge is 0.384 e. The molecule has 0 bridgehead atoms. The summed E-state index contributed by atoms with van der Waals surface area (Å²) in [7, 11) is 1.30. The average molecular weight is 243 g/mol. The zero-order valence-corrected chi connectivity index (χ0v) is 10.3. The minimum Gasteiger partial charge on any atom is -0.459 e. The fourth-order valence-electron chi connectivity index (χ4n) is 1.98. The molecule has 0 radical (unpaired) electrons. The van der Waals surface area contributed by atoms with Crippen molar-refractivity contribution in [3.05, 3.63) is 29.3 Å². The highest BCUT2D eigenvalue weighted by atomic mass is 16.5. The van der Waals surface area contributed by atoms with E-state index in [-0.39, 0.29) is 5.91 Å². The summed E-state index contributed by atoms with van der Waals surface area (Å²) >= 11 is 0. The van der Waals surface area contributed by atoms with E-state index in [1.54, 1.807) is 17.9 Å². The van der Waals surface area contributed by atoms with Gasteiger partial charge in [0.1, 0.15) is 0 Å². The van der Waals surface area contributed by atoms with Gasteiger partial charge < -0.3 is 9.64 Å². The summed E-state index contributed by atoms with van der Waals surface area (Å²) in [5.74, 6) is 4.61. The standard InChI is InChI=1S/C14H13NO3/c1-10(16)15-8-7-12-9-11(3-5-13(12)15)4-6-14(17)18-2/h3,5,9H,7-8H2,1-2H3. The van der Waals surface area contributed by atoms with Crippen molar-refractivity contribution < 1.29 is 14.3 Å². The molecule has 0 saturated heterocycles. The van der Waals surface area contributed by atoms with E-state index in [0.717, 1.165) is 23.2 Å². The summed E-state index contributed by atoms with van der Waals surface area (Å²) in [4.78, 5) is 24.0. The van der Waals surface area contributed by atoms with E-state index in [1.165, 1.54) is 7.11 Å². The van der Waals surface area contributed by atoms with E-state index >= 15 is 0 Å². The molecule has 0 saturated carbocycles. The van der Waals surface area contributed by atoms with Gasteiger partial charge in [-0.2, -0.15) is 0 Å². The van der Waals surface area contributed by atoms with Crippen LogP contribution in [0.1, 0.15) is 18.1 Å². The Morgan fingerprint density at radius 3 is 2.83 bits per heavy atom. The number of fused-ring (bicyclic) bond motifs is 1. The van der Waals surface area contributed by atoms with Crippen LogP contribution in [0.2, 0.25) is 0 Å². The largest absolute Gasteiger partial charge is 0.459 e. The van der Waals surface area contributed by atoms with Crippen molar-refractivity contribution in [1.29, 1.82) is 0 Å². The van der Waals surface area contributed by atoms with Crippen molar-refractivity contribution >= 4 is 17.6 Å². The molecule has 0 spiro atoms. The first kappa shape index (κ1) is 12.2. The van der Waals surface area contributed by atoms with E-state index in [4.69, 9.17) is 0 Å². The Labute approximate surface area is 106 Å². The van der Waals surface area contributed by atoms with E-state index in [1.807, 2.05) is 12.1 Å². The van der Waals surface area contributed by atoms with Crippen molar-refractivity contribution in [2.24, 2.45) is 0 Å². The lowest BCUT2D eigenvalue weighted by atomic mass is 10.1. The average Bonchev–Trinajstić information content (AvgIpc) is 2.78. The number of benzene rings is 1. The van der Waals surface area contributed by atoms with Crippen LogP contribution in [0.3, 0.4) is 0 Å². The fourth-order valence-corrected chi connectivity index (χ4v) is 1.98. The quantitative estimate of drug-likeness (QED) is 0.506. The highest BCUT2D eigenvalue weighted by molar-refractivity contribution is 5.94. The molecule has 18 heavy (non-hydrogen) atoms. The molecule has 1 aromatic rings. The van der Waals surface area contributed by atoms with Gasteiger partial charge in [0, 0.05) is 30.6 Å². The van der Waals surface area contributed by atoms with E-state index in [2.05, 4.69) is 16.6 Å². The number of hydrogen-bond acceptors (Lipinski definition) is 3. The molecule has 92 valence electrons. The number of carbonyl (C=O) groups is 2. The van der Waals surface area contributed by atoms with Gasteiger partial charge >= 0.3 is 5.97 Å². The Hall–Kier alpha value is -2.28. The van der Waals surface area contributed by atoms with Gasteiger partial charge in [0.05, 0.1) is 7.11 Å². The molecule has 0 aromatic heterocycles. The van der Waals surface area contributed by atoms with E-state index < -0.39 is 5.97 Å². The maximum Gasteiger partial charge on any atom is 0.384 e. The van der Waals surface area contributed by atoms with Crippen LogP contribution in [-0.2, 0) is 20.7 Å². The van der Waals surface area contributed by atoms with Gasteiger partial charge in [0.25, 0.3) is 0 Å². The van der Waals surface area contributed by atoms with Crippen LogP contribution in [0.25, 0.3) is 0 Å².